The minimum atomic E-state index is 0.561. The zero-order valence-corrected chi connectivity index (χ0v) is 15.4. The number of benzene rings is 1. The average molecular weight is 458 g/mol. The van der Waals surface area contributed by atoms with Gasteiger partial charge in [0.1, 0.15) is 11.6 Å². The molecule has 110 valence electrons. The molecular formula is C16H17BrIN3. The molecule has 0 saturated heterocycles. The number of hydrogen-bond donors (Lipinski definition) is 1. The fourth-order valence-corrected chi connectivity index (χ4v) is 3.81. The quantitative estimate of drug-likeness (QED) is 0.681. The lowest BCUT2D eigenvalue weighted by molar-refractivity contribution is 0.682. The van der Waals surface area contributed by atoms with Gasteiger partial charge in [0, 0.05) is 16.8 Å². The molecule has 1 aliphatic carbocycles. The molecule has 0 aliphatic heterocycles. The third-order valence-corrected chi connectivity index (χ3v) is 5.60. The Labute approximate surface area is 147 Å². The van der Waals surface area contributed by atoms with Gasteiger partial charge in [0.25, 0.3) is 0 Å². The molecule has 0 bridgehead atoms. The van der Waals surface area contributed by atoms with Crippen molar-refractivity contribution >= 4 is 44.3 Å². The van der Waals surface area contributed by atoms with Gasteiger partial charge in [-0.3, -0.25) is 0 Å². The van der Waals surface area contributed by atoms with E-state index in [1.54, 1.807) is 0 Å². The van der Waals surface area contributed by atoms with Crippen LogP contribution in [0.25, 0.3) is 0 Å². The Morgan fingerprint density at radius 3 is 2.48 bits per heavy atom. The standard InChI is InChI=1S/C16H17BrIN3/c17-12-7-5-10(6-8-12)9-13-20-15(11-3-1-2-4-11)14(18)16(19)21-13/h5-8,11H,1-4,9H2,(H2,19,20,21). The molecular weight excluding hydrogens is 441 g/mol. The van der Waals surface area contributed by atoms with Gasteiger partial charge >= 0.3 is 0 Å². The number of nitrogen functional groups attached to an aromatic ring is 1. The molecule has 0 amide bonds. The summed E-state index contributed by atoms with van der Waals surface area (Å²) in [6, 6.07) is 8.28. The Hall–Kier alpha value is -0.690. The van der Waals surface area contributed by atoms with Gasteiger partial charge in [-0.05, 0) is 53.1 Å². The summed E-state index contributed by atoms with van der Waals surface area (Å²) in [5, 5.41) is 0. The van der Waals surface area contributed by atoms with Crippen LogP contribution in [0.15, 0.2) is 28.7 Å². The minimum absolute atomic E-state index is 0.561. The highest BCUT2D eigenvalue weighted by Gasteiger charge is 2.23. The molecule has 1 aromatic carbocycles. The summed E-state index contributed by atoms with van der Waals surface area (Å²) in [6.07, 6.45) is 5.78. The highest BCUT2D eigenvalue weighted by molar-refractivity contribution is 14.1. The lowest BCUT2D eigenvalue weighted by Gasteiger charge is -2.14. The normalized spacial score (nSPS) is 15.5. The molecule has 1 heterocycles. The molecule has 3 rings (SSSR count). The first-order chi connectivity index (χ1) is 10.1. The molecule has 1 saturated carbocycles. The van der Waals surface area contributed by atoms with Gasteiger partial charge in [0.2, 0.25) is 0 Å². The molecule has 0 unspecified atom stereocenters. The van der Waals surface area contributed by atoms with E-state index >= 15 is 0 Å². The Bertz CT molecular complexity index is 637. The Morgan fingerprint density at radius 1 is 1.14 bits per heavy atom. The maximum Gasteiger partial charge on any atom is 0.140 e. The summed E-state index contributed by atoms with van der Waals surface area (Å²) in [4.78, 5) is 9.29. The Kier molecular flexibility index (Phi) is 4.78. The first-order valence-electron chi connectivity index (χ1n) is 7.19. The SMILES string of the molecule is Nc1nc(Cc2ccc(Br)cc2)nc(C2CCCC2)c1I. The lowest BCUT2D eigenvalue weighted by Crippen LogP contribution is -2.10. The number of aromatic nitrogens is 2. The Balaban J connectivity index is 1.90. The second-order valence-corrected chi connectivity index (χ2v) is 7.50. The third-order valence-electron chi connectivity index (χ3n) is 3.97. The van der Waals surface area contributed by atoms with E-state index in [4.69, 9.17) is 10.7 Å². The monoisotopic (exact) mass is 457 g/mol. The topological polar surface area (TPSA) is 51.8 Å². The predicted molar refractivity (Wildman–Crippen MR) is 97.3 cm³/mol. The molecule has 21 heavy (non-hydrogen) atoms. The average Bonchev–Trinajstić information content (AvgIpc) is 2.99. The maximum absolute atomic E-state index is 6.10. The first kappa shape index (κ1) is 15.2. The van der Waals surface area contributed by atoms with Gasteiger partial charge in [0.15, 0.2) is 0 Å². The fraction of sp³-hybridized carbons (Fsp3) is 0.375. The van der Waals surface area contributed by atoms with Gasteiger partial charge in [-0.2, -0.15) is 0 Å². The number of halogens is 2. The number of hydrogen-bond acceptors (Lipinski definition) is 3. The molecule has 5 heteroatoms. The number of nitrogens with two attached hydrogens (primary N) is 1. The van der Waals surface area contributed by atoms with Crippen molar-refractivity contribution in [3.8, 4) is 0 Å². The van der Waals surface area contributed by atoms with Crippen LogP contribution >= 0.6 is 38.5 Å². The van der Waals surface area contributed by atoms with Crippen LogP contribution in [0.5, 0.6) is 0 Å². The smallest absolute Gasteiger partial charge is 0.140 e. The fourth-order valence-electron chi connectivity index (χ4n) is 2.87. The zero-order chi connectivity index (χ0) is 14.8. The number of anilines is 1. The summed E-state index contributed by atoms with van der Waals surface area (Å²) >= 11 is 5.75. The van der Waals surface area contributed by atoms with Crippen LogP contribution < -0.4 is 5.73 Å². The molecule has 0 radical (unpaired) electrons. The lowest BCUT2D eigenvalue weighted by atomic mass is 10.0. The van der Waals surface area contributed by atoms with Gasteiger partial charge in [-0.1, -0.05) is 40.9 Å². The summed E-state index contributed by atoms with van der Waals surface area (Å²) in [5.41, 5.74) is 8.47. The van der Waals surface area contributed by atoms with Crippen LogP contribution in [0.1, 0.15) is 48.7 Å². The third kappa shape index (κ3) is 3.56. The molecule has 1 aliphatic rings. The van der Waals surface area contributed by atoms with E-state index in [1.807, 2.05) is 12.1 Å². The predicted octanol–water partition coefficient (Wildman–Crippen LogP) is 4.67. The van der Waals surface area contributed by atoms with Gasteiger partial charge < -0.3 is 5.73 Å². The molecule has 3 nitrogen and oxygen atoms in total. The van der Waals surface area contributed by atoms with Crippen molar-refractivity contribution in [1.82, 2.24) is 9.97 Å². The Morgan fingerprint density at radius 2 is 1.81 bits per heavy atom. The van der Waals surface area contributed by atoms with E-state index in [-0.39, 0.29) is 0 Å². The maximum atomic E-state index is 6.10. The van der Waals surface area contributed by atoms with Gasteiger partial charge in [-0.15, -0.1) is 0 Å². The van der Waals surface area contributed by atoms with Crippen LogP contribution in [-0.2, 0) is 6.42 Å². The largest absolute Gasteiger partial charge is 0.383 e. The van der Waals surface area contributed by atoms with E-state index in [1.165, 1.54) is 31.2 Å². The van der Waals surface area contributed by atoms with E-state index in [9.17, 15) is 0 Å². The first-order valence-corrected chi connectivity index (χ1v) is 9.07. The second kappa shape index (κ2) is 6.60. The van der Waals surface area contributed by atoms with Gasteiger partial charge in [-0.25, -0.2) is 9.97 Å². The minimum Gasteiger partial charge on any atom is -0.383 e. The molecule has 2 aromatic rings. The number of nitrogens with zero attached hydrogens (tertiary/aromatic N) is 2. The van der Waals surface area contributed by atoms with Gasteiger partial charge in [0.05, 0.1) is 9.26 Å². The summed E-state index contributed by atoms with van der Waals surface area (Å²) in [7, 11) is 0. The van der Waals surface area contributed by atoms with E-state index in [0.29, 0.717) is 11.7 Å². The van der Waals surface area contributed by atoms with E-state index in [0.717, 1.165) is 26.0 Å². The van der Waals surface area contributed by atoms with Crippen LogP contribution in [0, 0.1) is 3.57 Å². The summed E-state index contributed by atoms with van der Waals surface area (Å²) < 4.78 is 2.12. The van der Waals surface area contributed by atoms with Crippen LogP contribution in [-0.4, -0.2) is 9.97 Å². The van der Waals surface area contributed by atoms with Crippen molar-refractivity contribution in [2.24, 2.45) is 0 Å². The van der Waals surface area contributed by atoms with Crippen LogP contribution in [0.3, 0.4) is 0 Å². The zero-order valence-electron chi connectivity index (χ0n) is 11.6. The van der Waals surface area contributed by atoms with E-state index in [2.05, 4.69) is 55.6 Å². The molecule has 1 aromatic heterocycles. The highest BCUT2D eigenvalue weighted by atomic mass is 127. The summed E-state index contributed by atoms with van der Waals surface area (Å²) in [6.45, 7) is 0. The van der Waals surface area contributed by atoms with E-state index < -0.39 is 0 Å². The van der Waals surface area contributed by atoms with Crippen LogP contribution in [0.4, 0.5) is 5.82 Å². The molecule has 0 atom stereocenters. The second-order valence-electron chi connectivity index (χ2n) is 5.51. The highest BCUT2D eigenvalue weighted by Crippen LogP contribution is 2.36. The van der Waals surface area contributed by atoms with Crippen LogP contribution in [0.2, 0.25) is 0 Å². The van der Waals surface area contributed by atoms with Crippen molar-refractivity contribution < 1.29 is 0 Å². The van der Waals surface area contributed by atoms with Crippen molar-refractivity contribution in [1.29, 1.82) is 0 Å². The molecule has 2 N–H and O–H groups in total. The van der Waals surface area contributed by atoms with Crippen molar-refractivity contribution in [3.05, 3.63) is 49.4 Å². The van der Waals surface area contributed by atoms with Crippen molar-refractivity contribution in [3.63, 3.8) is 0 Å². The van der Waals surface area contributed by atoms with Crippen molar-refractivity contribution in [2.75, 3.05) is 5.73 Å². The number of rotatable bonds is 3. The summed E-state index contributed by atoms with van der Waals surface area (Å²) in [5.74, 6) is 2.02. The van der Waals surface area contributed by atoms with Crippen molar-refractivity contribution in [2.45, 2.75) is 38.0 Å². The molecule has 0 spiro atoms. The molecule has 1 fully saturated rings.